The summed E-state index contributed by atoms with van der Waals surface area (Å²) in [5.41, 5.74) is 3.68. The van der Waals surface area contributed by atoms with E-state index in [0.717, 1.165) is 34.0 Å². The van der Waals surface area contributed by atoms with Crippen molar-refractivity contribution in [1.29, 1.82) is 0 Å². The molecule has 1 aromatic carbocycles. The summed E-state index contributed by atoms with van der Waals surface area (Å²) in [5.74, 6) is 0. The number of aryl methyl sites for hydroxylation is 2. The van der Waals surface area contributed by atoms with Crippen molar-refractivity contribution in [3.63, 3.8) is 0 Å². The maximum atomic E-state index is 4.54. The Hall–Kier alpha value is -0.650. The SMILES string of the molecule is CCNC(Cc1cc(CC)nn1C)c1cc(Br)cc(Br)c1. The van der Waals surface area contributed by atoms with Crippen LogP contribution in [0.25, 0.3) is 0 Å². The van der Waals surface area contributed by atoms with Crippen LogP contribution in [0.4, 0.5) is 0 Å². The maximum absolute atomic E-state index is 4.54. The molecule has 2 aromatic rings. The second kappa shape index (κ2) is 7.56. The van der Waals surface area contributed by atoms with Gasteiger partial charge >= 0.3 is 0 Å². The molecule has 114 valence electrons. The maximum Gasteiger partial charge on any atom is 0.0624 e. The van der Waals surface area contributed by atoms with Crippen LogP contribution in [0.2, 0.25) is 0 Å². The van der Waals surface area contributed by atoms with Gasteiger partial charge in [-0.15, -0.1) is 0 Å². The second-order valence-corrected chi connectivity index (χ2v) is 6.95. The summed E-state index contributed by atoms with van der Waals surface area (Å²) in [6.45, 7) is 5.22. The smallest absolute Gasteiger partial charge is 0.0624 e. The average Bonchev–Trinajstić information content (AvgIpc) is 2.78. The minimum atomic E-state index is 0.281. The monoisotopic (exact) mass is 413 g/mol. The van der Waals surface area contributed by atoms with Gasteiger partial charge in [-0.1, -0.05) is 45.7 Å². The van der Waals surface area contributed by atoms with Crippen LogP contribution in [-0.4, -0.2) is 16.3 Å². The molecule has 1 atom stereocenters. The largest absolute Gasteiger partial charge is 0.310 e. The van der Waals surface area contributed by atoms with Crippen LogP contribution in [0.3, 0.4) is 0 Å². The van der Waals surface area contributed by atoms with Gasteiger partial charge in [0.15, 0.2) is 0 Å². The highest BCUT2D eigenvalue weighted by Crippen LogP contribution is 2.26. The zero-order valence-electron chi connectivity index (χ0n) is 12.7. The lowest BCUT2D eigenvalue weighted by atomic mass is 10.0. The summed E-state index contributed by atoms with van der Waals surface area (Å²) in [6.07, 6.45) is 1.91. The molecular weight excluding hydrogens is 394 g/mol. The predicted molar refractivity (Wildman–Crippen MR) is 94.5 cm³/mol. The van der Waals surface area contributed by atoms with Gasteiger partial charge in [-0.3, -0.25) is 4.68 Å². The molecule has 1 aromatic heterocycles. The molecule has 0 saturated carbocycles. The topological polar surface area (TPSA) is 29.9 Å². The van der Waals surface area contributed by atoms with Crippen molar-refractivity contribution in [3.8, 4) is 0 Å². The molecule has 0 fully saturated rings. The van der Waals surface area contributed by atoms with Crippen molar-refractivity contribution >= 4 is 31.9 Å². The van der Waals surface area contributed by atoms with Crippen molar-refractivity contribution in [3.05, 3.63) is 50.2 Å². The highest BCUT2D eigenvalue weighted by molar-refractivity contribution is 9.11. The van der Waals surface area contributed by atoms with Gasteiger partial charge in [-0.25, -0.2) is 0 Å². The molecule has 0 amide bonds. The summed E-state index contributed by atoms with van der Waals surface area (Å²) >= 11 is 7.14. The Morgan fingerprint density at radius 2 is 1.81 bits per heavy atom. The third-order valence-corrected chi connectivity index (χ3v) is 4.46. The van der Waals surface area contributed by atoms with E-state index in [0.29, 0.717) is 0 Å². The van der Waals surface area contributed by atoms with Gasteiger partial charge in [0.25, 0.3) is 0 Å². The van der Waals surface area contributed by atoms with Crippen molar-refractivity contribution in [2.45, 2.75) is 32.7 Å². The molecule has 3 nitrogen and oxygen atoms in total. The van der Waals surface area contributed by atoms with E-state index >= 15 is 0 Å². The Labute approximate surface area is 143 Å². The normalized spacial score (nSPS) is 12.6. The van der Waals surface area contributed by atoms with Crippen molar-refractivity contribution in [2.24, 2.45) is 7.05 Å². The molecule has 2 rings (SSSR count). The lowest BCUT2D eigenvalue weighted by Crippen LogP contribution is -2.24. The minimum absolute atomic E-state index is 0.281. The van der Waals surface area contributed by atoms with E-state index in [1.807, 2.05) is 11.7 Å². The molecule has 1 heterocycles. The third kappa shape index (κ3) is 4.41. The van der Waals surface area contributed by atoms with Crippen LogP contribution in [0.15, 0.2) is 33.2 Å². The van der Waals surface area contributed by atoms with Crippen molar-refractivity contribution in [1.82, 2.24) is 15.1 Å². The third-order valence-electron chi connectivity index (χ3n) is 3.54. The number of halogens is 2. The molecule has 0 bridgehead atoms. The van der Waals surface area contributed by atoms with Crippen LogP contribution in [-0.2, 0) is 19.9 Å². The van der Waals surface area contributed by atoms with Gasteiger partial charge in [-0.05, 0) is 42.8 Å². The van der Waals surface area contributed by atoms with Gasteiger partial charge < -0.3 is 5.32 Å². The molecule has 1 N–H and O–H groups in total. The van der Waals surface area contributed by atoms with Gasteiger partial charge in [0.1, 0.15) is 0 Å². The summed E-state index contributed by atoms with van der Waals surface area (Å²) in [5, 5.41) is 8.11. The fraction of sp³-hybridized carbons (Fsp3) is 0.438. The highest BCUT2D eigenvalue weighted by atomic mass is 79.9. The highest BCUT2D eigenvalue weighted by Gasteiger charge is 2.15. The molecule has 0 aliphatic rings. The number of nitrogens with one attached hydrogen (secondary N) is 1. The number of nitrogens with zero attached hydrogens (tertiary/aromatic N) is 2. The lowest BCUT2D eigenvalue weighted by molar-refractivity contribution is 0.528. The Morgan fingerprint density at radius 1 is 1.14 bits per heavy atom. The first kappa shape index (κ1) is 16.7. The van der Waals surface area contributed by atoms with E-state index in [9.17, 15) is 0 Å². The summed E-state index contributed by atoms with van der Waals surface area (Å²) in [4.78, 5) is 0. The van der Waals surface area contributed by atoms with Crippen LogP contribution in [0, 0.1) is 0 Å². The molecule has 0 radical (unpaired) electrons. The Morgan fingerprint density at radius 3 is 2.33 bits per heavy atom. The second-order valence-electron chi connectivity index (χ2n) is 5.12. The predicted octanol–water partition coefficient (Wildman–Crippen LogP) is 4.40. The van der Waals surface area contributed by atoms with E-state index in [-0.39, 0.29) is 6.04 Å². The first-order chi connectivity index (χ1) is 10.0. The quantitative estimate of drug-likeness (QED) is 0.758. The van der Waals surface area contributed by atoms with Crippen LogP contribution in [0.5, 0.6) is 0 Å². The fourth-order valence-corrected chi connectivity index (χ4v) is 3.80. The first-order valence-corrected chi connectivity index (χ1v) is 8.83. The molecular formula is C16H21Br2N3. The van der Waals surface area contributed by atoms with E-state index in [1.54, 1.807) is 0 Å². The summed E-state index contributed by atoms with van der Waals surface area (Å²) in [6, 6.07) is 8.90. The number of hydrogen-bond acceptors (Lipinski definition) is 2. The molecule has 0 aliphatic carbocycles. The molecule has 0 spiro atoms. The average molecular weight is 415 g/mol. The van der Waals surface area contributed by atoms with E-state index in [1.165, 1.54) is 11.3 Å². The Kier molecular flexibility index (Phi) is 6.02. The number of hydrogen-bond donors (Lipinski definition) is 1. The Bertz CT molecular complexity index is 587. The summed E-state index contributed by atoms with van der Waals surface area (Å²) < 4.78 is 4.18. The first-order valence-electron chi connectivity index (χ1n) is 7.24. The summed E-state index contributed by atoms with van der Waals surface area (Å²) in [7, 11) is 2.02. The van der Waals surface area contributed by atoms with Gasteiger partial charge in [-0.2, -0.15) is 5.10 Å². The van der Waals surface area contributed by atoms with Gasteiger partial charge in [0, 0.05) is 34.1 Å². The van der Waals surface area contributed by atoms with E-state index in [2.05, 4.69) is 80.4 Å². The van der Waals surface area contributed by atoms with E-state index in [4.69, 9.17) is 0 Å². The lowest BCUT2D eigenvalue weighted by Gasteiger charge is -2.19. The minimum Gasteiger partial charge on any atom is -0.310 e. The standard InChI is InChI=1S/C16H21Br2N3/c1-4-14-9-15(21(3)20-14)10-16(19-5-2)11-6-12(17)8-13(18)7-11/h6-9,16,19H,4-5,10H2,1-3H3. The van der Waals surface area contributed by atoms with Crippen molar-refractivity contribution in [2.75, 3.05) is 6.54 Å². The number of aromatic nitrogens is 2. The van der Waals surface area contributed by atoms with Crippen molar-refractivity contribution < 1.29 is 0 Å². The fourth-order valence-electron chi connectivity index (χ4n) is 2.48. The molecule has 5 heteroatoms. The zero-order valence-corrected chi connectivity index (χ0v) is 15.8. The van der Waals surface area contributed by atoms with Gasteiger partial charge in [0.05, 0.1) is 5.69 Å². The van der Waals surface area contributed by atoms with Gasteiger partial charge in [0.2, 0.25) is 0 Å². The van der Waals surface area contributed by atoms with E-state index < -0.39 is 0 Å². The van der Waals surface area contributed by atoms with Crippen LogP contribution < -0.4 is 5.32 Å². The molecule has 0 aliphatic heterocycles. The van der Waals surface area contributed by atoms with Crippen LogP contribution >= 0.6 is 31.9 Å². The number of likely N-dealkylation sites (N-methyl/N-ethyl adjacent to an activating group) is 1. The molecule has 21 heavy (non-hydrogen) atoms. The molecule has 1 unspecified atom stereocenters. The number of rotatable bonds is 6. The number of benzene rings is 1. The Balaban J connectivity index is 2.27. The van der Waals surface area contributed by atoms with Crippen LogP contribution in [0.1, 0.15) is 36.8 Å². The molecule has 0 saturated heterocycles. The zero-order chi connectivity index (χ0) is 15.4.